The van der Waals surface area contributed by atoms with Crippen LogP contribution in [-0.2, 0) is 16.0 Å². The molecule has 0 aliphatic rings. The zero-order valence-electron chi connectivity index (χ0n) is 13.2. The summed E-state index contributed by atoms with van der Waals surface area (Å²) in [5, 5.41) is 4.47. The number of nitrogen functional groups attached to an aromatic ring is 1. The molecule has 0 amide bonds. The van der Waals surface area contributed by atoms with E-state index in [2.05, 4.69) is 16.9 Å². The number of rotatable bonds is 10. The number of hydrogen-bond donors (Lipinski definition) is 1. The minimum Gasteiger partial charge on any atom is -0.394 e. The number of hydrogen-bond acceptors (Lipinski definition) is 5. The normalized spacial score (nSPS) is 11.0. The van der Waals surface area contributed by atoms with Crippen molar-refractivity contribution in [2.75, 3.05) is 50.2 Å². The Bertz CT molecular complexity index is 383. The molecule has 20 heavy (non-hydrogen) atoms. The van der Waals surface area contributed by atoms with Crippen LogP contribution in [0.1, 0.15) is 26.5 Å². The van der Waals surface area contributed by atoms with Gasteiger partial charge in [-0.2, -0.15) is 5.10 Å². The minimum absolute atomic E-state index is 0.677. The standard InChI is InChI=1S/C14H28N4O2/c1-5-18-14(13(15)12(4)16-18)17(8-10-19-6-2)9-11-20-7-3/h5-11,15H2,1-4H3. The summed E-state index contributed by atoms with van der Waals surface area (Å²) in [6, 6.07) is 0. The van der Waals surface area contributed by atoms with Crippen LogP contribution in [0.2, 0.25) is 0 Å². The zero-order chi connectivity index (χ0) is 15.0. The number of aryl methyl sites for hydroxylation is 2. The summed E-state index contributed by atoms with van der Waals surface area (Å²) in [7, 11) is 0. The maximum Gasteiger partial charge on any atom is 0.150 e. The molecule has 1 aromatic heterocycles. The summed E-state index contributed by atoms with van der Waals surface area (Å²) < 4.78 is 12.9. The molecular formula is C14H28N4O2. The lowest BCUT2D eigenvalue weighted by molar-refractivity contribution is 0.141. The van der Waals surface area contributed by atoms with Gasteiger partial charge in [0, 0.05) is 32.8 Å². The van der Waals surface area contributed by atoms with E-state index in [1.54, 1.807) is 0 Å². The van der Waals surface area contributed by atoms with Gasteiger partial charge in [-0.05, 0) is 27.7 Å². The maximum atomic E-state index is 6.18. The molecule has 0 unspecified atom stereocenters. The van der Waals surface area contributed by atoms with E-state index in [4.69, 9.17) is 15.2 Å². The van der Waals surface area contributed by atoms with Crippen molar-refractivity contribution in [3.63, 3.8) is 0 Å². The molecule has 0 aliphatic carbocycles. The van der Waals surface area contributed by atoms with Gasteiger partial charge in [-0.25, -0.2) is 4.68 Å². The van der Waals surface area contributed by atoms with Crippen LogP contribution in [0.5, 0.6) is 0 Å². The summed E-state index contributed by atoms with van der Waals surface area (Å²) in [4.78, 5) is 2.20. The van der Waals surface area contributed by atoms with E-state index in [-0.39, 0.29) is 0 Å². The Morgan fingerprint density at radius 1 is 1.10 bits per heavy atom. The number of nitrogens with two attached hydrogens (primary N) is 1. The van der Waals surface area contributed by atoms with Crippen LogP contribution in [-0.4, -0.2) is 49.3 Å². The molecule has 1 aromatic rings. The Morgan fingerprint density at radius 3 is 2.10 bits per heavy atom. The fraction of sp³-hybridized carbons (Fsp3) is 0.786. The molecule has 1 heterocycles. The molecule has 0 atom stereocenters. The molecule has 1 rings (SSSR count). The average Bonchev–Trinajstić information content (AvgIpc) is 2.73. The van der Waals surface area contributed by atoms with Gasteiger partial charge in [0.15, 0.2) is 5.82 Å². The average molecular weight is 284 g/mol. The molecule has 0 aliphatic heterocycles. The molecular weight excluding hydrogens is 256 g/mol. The SMILES string of the molecule is CCOCCN(CCOCC)c1c(N)c(C)nn1CC. The third-order valence-corrected chi connectivity index (χ3v) is 3.16. The monoisotopic (exact) mass is 284 g/mol. The molecule has 6 heteroatoms. The van der Waals surface area contributed by atoms with E-state index in [1.807, 2.05) is 25.5 Å². The fourth-order valence-corrected chi connectivity index (χ4v) is 2.10. The Labute approximate surface area is 121 Å². The Hall–Kier alpha value is -1.27. The smallest absolute Gasteiger partial charge is 0.150 e. The first-order valence-corrected chi connectivity index (χ1v) is 7.38. The van der Waals surface area contributed by atoms with E-state index in [9.17, 15) is 0 Å². The topological polar surface area (TPSA) is 65.5 Å². The first kappa shape index (κ1) is 16.8. The number of anilines is 2. The molecule has 0 saturated heterocycles. The van der Waals surface area contributed by atoms with Crippen LogP contribution in [0, 0.1) is 6.92 Å². The van der Waals surface area contributed by atoms with Gasteiger partial charge in [-0.1, -0.05) is 0 Å². The maximum absolute atomic E-state index is 6.18. The van der Waals surface area contributed by atoms with Crippen LogP contribution in [0.4, 0.5) is 11.5 Å². The largest absolute Gasteiger partial charge is 0.394 e. The number of ether oxygens (including phenoxy) is 2. The van der Waals surface area contributed by atoms with Crippen molar-refractivity contribution in [1.29, 1.82) is 0 Å². The second-order valence-corrected chi connectivity index (χ2v) is 4.52. The van der Waals surface area contributed by atoms with E-state index >= 15 is 0 Å². The first-order chi connectivity index (χ1) is 9.65. The van der Waals surface area contributed by atoms with Crippen molar-refractivity contribution in [1.82, 2.24) is 9.78 Å². The highest BCUT2D eigenvalue weighted by Gasteiger charge is 2.18. The van der Waals surface area contributed by atoms with Crippen LogP contribution in [0.3, 0.4) is 0 Å². The molecule has 2 N–H and O–H groups in total. The van der Waals surface area contributed by atoms with E-state index in [0.717, 1.165) is 50.0 Å². The van der Waals surface area contributed by atoms with E-state index in [1.165, 1.54) is 0 Å². The van der Waals surface area contributed by atoms with Crippen LogP contribution in [0.15, 0.2) is 0 Å². The van der Waals surface area contributed by atoms with Gasteiger partial charge in [-0.15, -0.1) is 0 Å². The summed E-state index contributed by atoms with van der Waals surface area (Å²) in [5.74, 6) is 0.976. The van der Waals surface area contributed by atoms with E-state index < -0.39 is 0 Å². The zero-order valence-corrected chi connectivity index (χ0v) is 13.2. The highest BCUT2D eigenvalue weighted by Crippen LogP contribution is 2.26. The van der Waals surface area contributed by atoms with Gasteiger partial charge >= 0.3 is 0 Å². The van der Waals surface area contributed by atoms with Crippen molar-refractivity contribution in [3.8, 4) is 0 Å². The van der Waals surface area contributed by atoms with Gasteiger partial charge in [0.1, 0.15) is 0 Å². The summed E-state index contributed by atoms with van der Waals surface area (Å²) in [6.45, 7) is 13.2. The second kappa shape index (κ2) is 8.81. The van der Waals surface area contributed by atoms with Crippen molar-refractivity contribution < 1.29 is 9.47 Å². The Kier molecular flexibility index (Phi) is 7.40. The van der Waals surface area contributed by atoms with Crippen molar-refractivity contribution in [2.24, 2.45) is 0 Å². The lowest BCUT2D eigenvalue weighted by Crippen LogP contribution is -2.33. The fourth-order valence-electron chi connectivity index (χ4n) is 2.10. The summed E-state index contributed by atoms with van der Waals surface area (Å²) in [5.41, 5.74) is 7.81. The Morgan fingerprint density at radius 2 is 1.65 bits per heavy atom. The Balaban J connectivity index is 2.84. The predicted octanol–water partition coefficient (Wildman–Crippen LogP) is 1.67. The van der Waals surface area contributed by atoms with Crippen molar-refractivity contribution >= 4 is 11.5 Å². The highest BCUT2D eigenvalue weighted by molar-refractivity contribution is 5.66. The van der Waals surface area contributed by atoms with Gasteiger partial charge in [0.05, 0.1) is 24.6 Å². The molecule has 0 bridgehead atoms. The lowest BCUT2D eigenvalue weighted by Gasteiger charge is -2.25. The van der Waals surface area contributed by atoms with Gasteiger partial charge in [0.2, 0.25) is 0 Å². The van der Waals surface area contributed by atoms with Crippen molar-refractivity contribution in [2.45, 2.75) is 34.2 Å². The number of aromatic nitrogens is 2. The summed E-state index contributed by atoms with van der Waals surface area (Å²) in [6.07, 6.45) is 0. The third-order valence-electron chi connectivity index (χ3n) is 3.16. The third kappa shape index (κ3) is 4.38. The molecule has 0 spiro atoms. The molecule has 0 saturated carbocycles. The predicted molar refractivity (Wildman–Crippen MR) is 82.2 cm³/mol. The molecule has 0 fully saturated rings. The first-order valence-electron chi connectivity index (χ1n) is 7.38. The van der Waals surface area contributed by atoms with Gasteiger partial charge < -0.3 is 20.1 Å². The van der Waals surface area contributed by atoms with Gasteiger partial charge in [0.25, 0.3) is 0 Å². The molecule has 0 radical (unpaired) electrons. The van der Waals surface area contributed by atoms with Crippen LogP contribution in [0.25, 0.3) is 0 Å². The second-order valence-electron chi connectivity index (χ2n) is 4.52. The summed E-state index contributed by atoms with van der Waals surface area (Å²) >= 11 is 0. The van der Waals surface area contributed by atoms with Gasteiger partial charge in [-0.3, -0.25) is 0 Å². The quantitative estimate of drug-likeness (QED) is 0.662. The molecule has 6 nitrogen and oxygen atoms in total. The number of nitrogens with zero attached hydrogens (tertiary/aromatic N) is 3. The van der Waals surface area contributed by atoms with Crippen LogP contribution < -0.4 is 10.6 Å². The molecule has 116 valence electrons. The lowest BCUT2D eigenvalue weighted by atomic mass is 10.3. The van der Waals surface area contributed by atoms with E-state index in [0.29, 0.717) is 13.2 Å². The minimum atomic E-state index is 0.677. The molecule has 0 aromatic carbocycles. The highest BCUT2D eigenvalue weighted by atomic mass is 16.5. The van der Waals surface area contributed by atoms with Crippen molar-refractivity contribution in [3.05, 3.63) is 5.69 Å². The van der Waals surface area contributed by atoms with Crippen LogP contribution >= 0.6 is 0 Å².